The Bertz CT molecular complexity index is 1310. The highest BCUT2D eigenvalue weighted by Crippen LogP contribution is 2.52. The Morgan fingerprint density at radius 1 is 0.912 bits per heavy atom. The van der Waals surface area contributed by atoms with Gasteiger partial charge in [-0.1, -0.05) is 66.2 Å². The van der Waals surface area contributed by atoms with Crippen LogP contribution < -0.4 is 0 Å². The molecule has 0 saturated heterocycles. The number of halogens is 1. The molecule has 0 heterocycles. The summed E-state index contributed by atoms with van der Waals surface area (Å²) in [6, 6.07) is 22.0. The van der Waals surface area contributed by atoms with Crippen molar-refractivity contribution in [1.29, 1.82) is 0 Å². The van der Waals surface area contributed by atoms with Crippen LogP contribution in [0.3, 0.4) is 0 Å². The third kappa shape index (κ3) is 4.57. The summed E-state index contributed by atoms with van der Waals surface area (Å²) in [4.78, 5) is 23.8. The van der Waals surface area contributed by atoms with Gasteiger partial charge in [-0.25, -0.2) is 8.42 Å². The molecule has 34 heavy (non-hydrogen) atoms. The fraction of sp³-hybridized carbons (Fsp3) is 0.200. The average Bonchev–Trinajstić information content (AvgIpc) is 3.53. The first-order valence-electron chi connectivity index (χ1n) is 10.5. The zero-order chi connectivity index (χ0) is 24.5. The molecule has 0 unspecified atom stereocenters. The van der Waals surface area contributed by atoms with Crippen LogP contribution in [0.5, 0.6) is 0 Å². The number of sulfonamides is 1. The number of nitrogens with zero attached hydrogens (tertiary/aromatic N) is 1. The summed E-state index contributed by atoms with van der Waals surface area (Å²) >= 11 is 5.92. The van der Waals surface area contributed by atoms with E-state index in [0.717, 1.165) is 16.7 Å². The van der Waals surface area contributed by atoms with Gasteiger partial charge in [-0.05, 0) is 59.7 Å². The molecule has 1 fully saturated rings. The minimum Gasteiger partial charge on any atom is -0.480 e. The van der Waals surface area contributed by atoms with Gasteiger partial charge in [0.15, 0.2) is 0 Å². The van der Waals surface area contributed by atoms with Crippen LogP contribution in [0.4, 0.5) is 0 Å². The zero-order valence-electron chi connectivity index (χ0n) is 18.0. The molecule has 0 radical (unpaired) electrons. The normalized spacial score (nSPS) is 19.6. The fourth-order valence-corrected chi connectivity index (χ4v) is 6.15. The third-order valence-electron chi connectivity index (χ3n) is 6.11. The van der Waals surface area contributed by atoms with Crippen molar-refractivity contribution < 1.29 is 28.2 Å². The van der Waals surface area contributed by atoms with Crippen LogP contribution in [0.2, 0.25) is 5.02 Å². The van der Waals surface area contributed by atoms with Crippen LogP contribution in [0.15, 0.2) is 83.8 Å². The molecule has 3 aromatic rings. The van der Waals surface area contributed by atoms with E-state index in [9.17, 15) is 28.2 Å². The third-order valence-corrected chi connectivity index (χ3v) is 8.27. The lowest BCUT2D eigenvalue weighted by atomic mass is 10.1. The highest BCUT2D eigenvalue weighted by Gasteiger charge is 2.67. The highest BCUT2D eigenvalue weighted by atomic mass is 35.5. The minimum absolute atomic E-state index is 0.0343. The van der Waals surface area contributed by atoms with Crippen LogP contribution in [0.1, 0.15) is 12.0 Å². The largest absolute Gasteiger partial charge is 0.480 e. The van der Waals surface area contributed by atoms with Crippen LogP contribution >= 0.6 is 11.6 Å². The Labute approximate surface area is 202 Å². The van der Waals surface area contributed by atoms with Crippen LogP contribution in [0.25, 0.3) is 11.1 Å². The number of rotatable bonds is 9. The Balaban J connectivity index is 1.67. The Morgan fingerprint density at radius 2 is 1.47 bits per heavy atom. The molecule has 0 amide bonds. The van der Waals surface area contributed by atoms with Crippen LogP contribution in [-0.4, -0.2) is 47.0 Å². The summed E-state index contributed by atoms with van der Waals surface area (Å²) < 4.78 is 27.7. The van der Waals surface area contributed by atoms with E-state index in [0.29, 0.717) is 15.7 Å². The van der Waals surface area contributed by atoms with E-state index >= 15 is 0 Å². The van der Waals surface area contributed by atoms with E-state index in [1.807, 2.05) is 30.3 Å². The maximum Gasteiger partial charge on any atom is 0.325 e. The van der Waals surface area contributed by atoms with Gasteiger partial charge in [-0.15, -0.1) is 0 Å². The highest BCUT2D eigenvalue weighted by molar-refractivity contribution is 7.89. The number of carboxylic acids is 2. The Morgan fingerprint density at radius 3 is 2.00 bits per heavy atom. The molecule has 2 N–H and O–H groups in total. The van der Waals surface area contributed by atoms with Gasteiger partial charge in [-0.3, -0.25) is 9.59 Å². The summed E-state index contributed by atoms with van der Waals surface area (Å²) in [6.07, 6.45) is 0.362. The topological polar surface area (TPSA) is 112 Å². The number of aliphatic carboxylic acids is 2. The lowest BCUT2D eigenvalue weighted by Gasteiger charge is -2.28. The van der Waals surface area contributed by atoms with E-state index in [2.05, 4.69) is 0 Å². The van der Waals surface area contributed by atoms with Gasteiger partial charge in [0.25, 0.3) is 0 Å². The van der Waals surface area contributed by atoms with E-state index in [1.165, 1.54) is 12.1 Å². The summed E-state index contributed by atoms with van der Waals surface area (Å²) in [7, 11) is -4.42. The molecule has 0 bridgehead atoms. The second-order valence-electron chi connectivity index (χ2n) is 8.26. The maximum atomic E-state index is 13.5. The predicted molar refractivity (Wildman–Crippen MR) is 127 cm³/mol. The summed E-state index contributed by atoms with van der Waals surface area (Å²) in [5.41, 5.74) is 0.599. The number of hydrogen-bond acceptors (Lipinski definition) is 4. The minimum atomic E-state index is -4.42. The van der Waals surface area contributed by atoms with Crippen LogP contribution in [0, 0.1) is 5.92 Å². The molecule has 0 aliphatic heterocycles. The fourth-order valence-electron chi connectivity index (χ4n) is 4.28. The number of carbonyl (C=O) groups is 2. The SMILES string of the molecule is O=C(O)CN([C@@]1(C(=O)O)C[C@H]1Cc1ccccc1)S(=O)(=O)c1ccc(-c2ccc(Cl)cc2)cc1. The molecule has 0 spiro atoms. The van der Waals surface area contributed by atoms with E-state index < -0.39 is 40.0 Å². The zero-order valence-corrected chi connectivity index (χ0v) is 19.5. The molecule has 2 atom stereocenters. The quantitative estimate of drug-likeness (QED) is 0.457. The molecule has 1 aliphatic rings. The first kappa shape index (κ1) is 23.9. The number of carboxylic acid groups (broad SMARTS) is 2. The number of hydrogen-bond donors (Lipinski definition) is 2. The van der Waals surface area contributed by atoms with Crippen molar-refractivity contribution in [3.8, 4) is 11.1 Å². The average molecular weight is 500 g/mol. The van der Waals surface area contributed by atoms with Crippen molar-refractivity contribution in [2.45, 2.75) is 23.3 Å². The molecule has 176 valence electrons. The van der Waals surface area contributed by atoms with E-state index in [1.54, 1.807) is 36.4 Å². The van der Waals surface area contributed by atoms with Gasteiger partial charge in [0.2, 0.25) is 10.0 Å². The summed E-state index contributed by atoms with van der Waals surface area (Å²) in [5.74, 6) is -3.32. The van der Waals surface area contributed by atoms with Crippen molar-refractivity contribution in [2.24, 2.45) is 5.92 Å². The van der Waals surface area contributed by atoms with E-state index in [4.69, 9.17) is 11.6 Å². The first-order chi connectivity index (χ1) is 16.1. The number of benzene rings is 3. The second-order valence-corrected chi connectivity index (χ2v) is 10.6. The maximum absolute atomic E-state index is 13.5. The first-order valence-corrected chi connectivity index (χ1v) is 12.3. The van der Waals surface area contributed by atoms with Gasteiger partial charge in [-0.2, -0.15) is 4.31 Å². The van der Waals surface area contributed by atoms with Crippen molar-refractivity contribution >= 4 is 33.6 Å². The van der Waals surface area contributed by atoms with E-state index in [-0.39, 0.29) is 11.3 Å². The van der Waals surface area contributed by atoms with Crippen molar-refractivity contribution in [1.82, 2.24) is 4.31 Å². The lowest BCUT2D eigenvalue weighted by Crippen LogP contribution is -2.51. The molecule has 0 aromatic heterocycles. The van der Waals surface area contributed by atoms with Crippen molar-refractivity contribution in [2.75, 3.05) is 6.54 Å². The molecule has 7 nitrogen and oxygen atoms in total. The van der Waals surface area contributed by atoms with Gasteiger partial charge >= 0.3 is 11.9 Å². The van der Waals surface area contributed by atoms with Crippen LogP contribution in [-0.2, 0) is 26.0 Å². The molecule has 1 saturated carbocycles. The van der Waals surface area contributed by atoms with Gasteiger partial charge < -0.3 is 10.2 Å². The van der Waals surface area contributed by atoms with Gasteiger partial charge in [0.1, 0.15) is 12.1 Å². The van der Waals surface area contributed by atoms with Crippen molar-refractivity contribution in [3.63, 3.8) is 0 Å². The molecular weight excluding hydrogens is 478 g/mol. The summed E-state index contributed by atoms with van der Waals surface area (Å²) in [6.45, 7) is -0.946. The smallest absolute Gasteiger partial charge is 0.325 e. The molecule has 4 rings (SSSR count). The second kappa shape index (κ2) is 9.21. The molecular formula is C25H22ClNO6S. The van der Waals surface area contributed by atoms with Gasteiger partial charge in [0.05, 0.1) is 4.90 Å². The predicted octanol–water partition coefficient (Wildman–Crippen LogP) is 4.17. The monoisotopic (exact) mass is 499 g/mol. The Hall–Kier alpha value is -3.20. The standard InChI is InChI=1S/C25H22ClNO6S/c26-21-10-6-18(7-11-21)19-8-12-22(13-9-19)34(32,33)27(16-23(28)29)25(24(30)31)15-20(25)14-17-4-2-1-3-5-17/h1-13,20H,14-16H2,(H,28,29)(H,30,31)/t20-,25+/m1/s1. The summed E-state index contributed by atoms with van der Waals surface area (Å²) in [5, 5.41) is 20.1. The molecule has 9 heteroatoms. The Kier molecular flexibility index (Phi) is 6.49. The lowest BCUT2D eigenvalue weighted by molar-refractivity contribution is -0.145. The van der Waals surface area contributed by atoms with Crippen molar-refractivity contribution in [3.05, 3.63) is 89.4 Å². The molecule has 1 aliphatic carbocycles. The van der Waals surface area contributed by atoms with Gasteiger partial charge in [0, 0.05) is 5.02 Å². The molecule has 3 aromatic carbocycles.